The Morgan fingerprint density at radius 2 is 1.89 bits per heavy atom. The van der Waals surface area contributed by atoms with Crippen molar-refractivity contribution in [1.29, 1.82) is 0 Å². The van der Waals surface area contributed by atoms with Crippen LogP contribution in [-0.2, 0) is 9.16 Å². The topological polar surface area (TPSA) is 53.3 Å². The van der Waals surface area contributed by atoms with Crippen molar-refractivity contribution >= 4 is 14.3 Å². The average Bonchev–Trinajstić information content (AvgIpc) is 2.97. The number of esters is 1. The molecule has 0 saturated heterocycles. The Balaban J connectivity index is 2.44. The van der Waals surface area contributed by atoms with E-state index in [0.717, 1.165) is 5.56 Å². The maximum Gasteiger partial charge on any atom is 0.356 e. The third kappa shape index (κ3) is 4.84. The van der Waals surface area contributed by atoms with Crippen LogP contribution in [0.15, 0.2) is 36.5 Å². The van der Waals surface area contributed by atoms with E-state index in [1.54, 1.807) is 6.92 Å². The van der Waals surface area contributed by atoms with Crippen LogP contribution in [0.5, 0.6) is 0 Å². The zero-order chi connectivity index (χ0) is 20.2. The molecule has 1 heterocycles. The van der Waals surface area contributed by atoms with Crippen LogP contribution in [0.25, 0.3) is 0 Å². The molecule has 27 heavy (non-hydrogen) atoms. The van der Waals surface area contributed by atoms with Crippen LogP contribution in [0.3, 0.4) is 0 Å². The molecule has 0 saturated carbocycles. The molecule has 0 N–H and O–H groups in total. The Hall–Kier alpha value is -1.99. The van der Waals surface area contributed by atoms with E-state index < -0.39 is 26.4 Å². The van der Waals surface area contributed by atoms with Gasteiger partial charge in [0, 0.05) is 0 Å². The smallest absolute Gasteiger partial charge is 0.356 e. The Morgan fingerprint density at radius 1 is 1.26 bits per heavy atom. The predicted molar refractivity (Wildman–Crippen MR) is 106 cm³/mol. The van der Waals surface area contributed by atoms with Gasteiger partial charge in [-0.05, 0) is 30.6 Å². The van der Waals surface area contributed by atoms with E-state index in [1.165, 1.54) is 10.8 Å². The van der Waals surface area contributed by atoms with Crippen molar-refractivity contribution in [1.82, 2.24) is 9.55 Å². The zero-order valence-corrected chi connectivity index (χ0v) is 18.0. The Morgan fingerprint density at radius 3 is 2.44 bits per heavy atom. The number of carbonyl (C=O) groups excluding carboxylic acids is 1. The first-order valence-electron chi connectivity index (χ1n) is 9.17. The van der Waals surface area contributed by atoms with Gasteiger partial charge in [-0.25, -0.2) is 9.78 Å². The highest BCUT2D eigenvalue weighted by atomic mass is 28.4. The highest BCUT2D eigenvalue weighted by Crippen LogP contribution is 2.37. The summed E-state index contributed by atoms with van der Waals surface area (Å²) in [5.74, 6) is -0.595. The SMILES string of the molecule is CCOC(=O)c1cnc(F)n1C(CO[Si](C)(C)C(C)(C)C)c1ccccc1. The van der Waals surface area contributed by atoms with Gasteiger partial charge in [0.25, 0.3) is 6.08 Å². The first-order valence-corrected chi connectivity index (χ1v) is 12.1. The summed E-state index contributed by atoms with van der Waals surface area (Å²) in [5, 5.41) is 0.0195. The molecule has 0 aliphatic rings. The van der Waals surface area contributed by atoms with Crippen LogP contribution in [0.1, 0.15) is 49.8 Å². The van der Waals surface area contributed by atoms with Crippen molar-refractivity contribution in [3.63, 3.8) is 0 Å². The second-order valence-electron chi connectivity index (χ2n) is 8.00. The lowest BCUT2D eigenvalue weighted by molar-refractivity contribution is 0.0508. The monoisotopic (exact) mass is 392 g/mol. The number of hydrogen-bond acceptors (Lipinski definition) is 4. The molecule has 2 rings (SSSR count). The van der Waals surface area contributed by atoms with Gasteiger partial charge in [0.15, 0.2) is 8.32 Å². The summed E-state index contributed by atoms with van der Waals surface area (Å²) in [6.07, 6.45) is 0.487. The second kappa shape index (κ2) is 8.35. The van der Waals surface area contributed by atoms with E-state index in [2.05, 4.69) is 38.8 Å². The van der Waals surface area contributed by atoms with Crippen LogP contribution < -0.4 is 0 Å². The molecular formula is C20H29FN2O3Si. The van der Waals surface area contributed by atoms with Crippen molar-refractivity contribution < 1.29 is 18.3 Å². The molecule has 0 aliphatic carbocycles. The van der Waals surface area contributed by atoms with Crippen molar-refractivity contribution in [2.24, 2.45) is 0 Å². The third-order valence-electron chi connectivity index (χ3n) is 5.14. The quantitative estimate of drug-likeness (QED) is 0.501. The Kier molecular flexibility index (Phi) is 6.59. The highest BCUT2D eigenvalue weighted by molar-refractivity contribution is 6.74. The van der Waals surface area contributed by atoms with Gasteiger partial charge >= 0.3 is 5.97 Å². The van der Waals surface area contributed by atoms with Crippen LogP contribution >= 0.6 is 0 Å². The molecule has 0 amide bonds. The summed E-state index contributed by atoms with van der Waals surface area (Å²) in [7, 11) is -2.06. The summed E-state index contributed by atoms with van der Waals surface area (Å²) in [4.78, 5) is 16.0. The van der Waals surface area contributed by atoms with Crippen LogP contribution in [0.4, 0.5) is 4.39 Å². The van der Waals surface area contributed by atoms with E-state index in [1.807, 2.05) is 30.3 Å². The third-order valence-corrected chi connectivity index (χ3v) is 9.64. The molecule has 2 aromatic rings. The van der Waals surface area contributed by atoms with E-state index in [4.69, 9.17) is 9.16 Å². The molecular weight excluding hydrogens is 363 g/mol. The maximum absolute atomic E-state index is 14.6. The minimum atomic E-state index is -2.06. The lowest BCUT2D eigenvalue weighted by Crippen LogP contribution is -2.42. The number of hydrogen-bond donors (Lipinski definition) is 0. The number of ether oxygens (including phenoxy) is 1. The molecule has 0 radical (unpaired) electrons. The van der Waals surface area contributed by atoms with Gasteiger partial charge in [-0.1, -0.05) is 51.1 Å². The molecule has 5 nitrogen and oxygen atoms in total. The van der Waals surface area contributed by atoms with Gasteiger partial charge in [-0.2, -0.15) is 4.39 Å². The largest absolute Gasteiger partial charge is 0.461 e. The maximum atomic E-state index is 14.6. The first-order chi connectivity index (χ1) is 12.6. The number of nitrogens with zero attached hydrogens (tertiary/aromatic N) is 2. The fourth-order valence-electron chi connectivity index (χ4n) is 2.49. The molecule has 1 aromatic carbocycles. The highest BCUT2D eigenvalue weighted by Gasteiger charge is 2.38. The van der Waals surface area contributed by atoms with Gasteiger partial charge in [-0.15, -0.1) is 0 Å². The molecule has 0 spiro atoms. The fourth-order valence-corrected chi connectivity index (χ4v) is 3.50. The minimum Gasteiger partial charge on any atom is -0.461 e. The van der Waals surface area contributed by atoms with Gasteiger partial charge in [-0.3, -0.25) is 4.57 Å². The lowest BCUT2D eigenvalue weighted by atomic mass is 10.1. The number of benzene rings is 1. The normalized spacial score (nSPS) is 13.4. The number of rotatable bonds is 7. The Bertz CT molecular complexity index is 769. The number of halogens is 1. The van der Waals surface area contributed by atoms with Gasteiger partial charge in [0.1, 0.15) is 5.69 Å². The van der Waals surface area contributed by atoms with E-state index in [-0.39, 0.29) is 23.9 Å². The molecule has 1 aromatic heterocycles. The molecule has 1 atom stereocenters. The molecule has 0 fully saturated rings. The number of aromatic nitrogens is 2. The van der Waals surface area contributed by atoms with Crippen molar-refractivity contribution in [2.75, 3.05) is 13.2 Å². The van der Waals surface area contributed by atoms with Crippen LogP contribution in [0.2, 0.25) is 18.1 Å². The summed E-state index contributed by atoms with van der Waals surface area (Å²) < 4.78 is 27.3. The summed E-state index contributed by atoms with van der Waals surface area (Å²) in [5.41, 5.74) is 0.931. The molecule has 0 aliphatic heterocycles. The minimum absolute atomic E-state index is 0.0195. The fraction of sp³-hybridized carbons (Fsp3) is 0.500. The van der Waals surface area contributed by atoms with Gasteiger partial charge < -0.3 is 9.16 Å². The summed E-state index contributed by atoms with van der Waals surface area (Å²) in [6, 6.07) is 8.94. The summed E-state index contributed by atoms with van der Waals surface area (Å²) in [6.45, 7) is 12.9. The van der Waals surface area contributed by atoms with Crippen molar-refractivity contribution in [3.05, 3.63) is 53.9 Å². The van der Waals surface area contributed by atoms with E-state index in [9.17, 15) is 9.18 Å². The van der Waals surface area contributed by atoms with Crippen LogP contribution in [-0.4, -0.2) is 37.1 Å². The van der Waals surface area contributed by atoms with Gasteiger partial charge in [0.05, 0.1) is 25.5 Å². The average molecular weight is 393 g/mol. The summed E-state index contributed by atoms with van der Waals surface area (Å²) >= 11 is 0. The van der Waals surface area contributed by atoms with E-state index >= 15 is 0 Å². The Labute approximate surface area is 161 Å². The molecule has 0 bridgehead atoms. The van der Waals surface area contributed by atoms with Crippen molar-refractivity contribution in [2.45, 2.75) is 51.9 Å². The van der Waals surface area contributed by atoms with Crippen LogP contribution in [0, 0.1) is 6.08 Å². The van der Waals surface area contributed by atoms with Crippen molar-refractivity contribution in [3.8, 4) is 0 Å². The lowest BCUT2D eigenvalue weighted by Gasteiger charge is -2.37. The zero-order valence-electron chi connectivity index (χ0n) is 17.0. The second-order valence-corrected chi connectivity index (χ2v) is 12.8. The number of carbonyl (C=O) groups is 1. The molecule has 148 valence electrons. The number of imidazole rings is 1. The van der Waals surface area contributed by atoms with Gasteiger partial charge in [0.2, 0.25) is 0 Å². The first kappa shape index (κ1) is 21.3. The predicted octanol–water partition coefficient (Wildman–Crippen LogP) is 4.81. The molecule has 1 unspecified atom stereocenters. The molecule has 7 heteroatoms. The standard InChI is InChI=1S/C20H29FN2O3Si/c1-7-25-18(24)16-13-22-19(21)23(16)17(15-11-9-8-10-12-15)14-26-27(5,6)20(2,3)4/h8-13,17H,7,14H2,1-6H3. The van der Waals surface area contributed by atoms with E-state index in [0.29, 0.717) is 0 Å².